The van der Waals surface area contributed by atoms with Gasteiger partial charge in [-0.25, -0.2) is 0 Å². The average Bonchev–Trinajstić information content (AvgIpc) is 2.56. The summed E-state index contributed by atoms with van der Waals surface area (Å²) in [5.74, 6) is -0.422. The minimum absolute atomic E-state index is 0.169. The number of anilines is 1. The first kappa shape index (κ1) is 16.7. The van der Waals surface area contributed by atoms with Crippen LogP contribution in [0.3, 0.4) is 0 Å². The van der Waals surface area contributed by atoms with Crippen LogP contribution in [0.2, 0.25) is 0 Å². The molecule has 0 fully saturated rings. The fourth-order valence-electron chi connectivity index (χ4n) is 1.84. The molecule has 2 rings (SSSR count). The van der Waals surface area contributed by atoms with E-state index in [-0.39, 0.29) is 24.8 Å². The van der Waals surface area contributed by atoms with Crippen molar-refractivity contribution in [2.24, 2.45) is 0 Å². The summed E-state index contributed by atoms with van der Waals surface area (Å²) in [4.78, 5) is 23.7. The van der Waals surface area contributed by atoms with Crippen molar-refractivity contribution >= 4 is 33.4 Å². The zero-order valence-corrected chi connectivity index (χ0v) is 13.8. The number of nitrogens with one attached hydrogen (secondary N) is 2. The Morgan fingerprint density at radius 1 is 1.04 bits per heavy atom. The average molecular weight is 372 g/mol. The molecule has 2 N–H and O–H groups in total. The summed E-state index contributed by atoms with van der Waals surface area (Å²) in [5, 5.41) is 14.1. The molecule has 116 valence electrons. The smallest absolute Gasteiger partial charge is 0.251 e. The first-order valence-corrected chi connectivity index (χ1v) is 7.71. The van der Waals surface area contributed by atoms with Gasteiger partial charge in [0.15, 0.2) is 0 Å². The number of carbonyl (C=O) groups is 2. The van der Waals surface area contributed by atoms with Crippen molar-refractivity contribution in [1.29, 1.82) is 5.26 Å². The number of nitriles is 1. The highest BCUT2D eigenvalue weighted by Gasteiger charge is 2.07. The molecular formula is C17H14BrN3O2. The van der Waals surface area contributed by atoms with Gasteiger partial charge in [-0.3, -0.25) is 9.59 Å². The summed E-state index contributed by atoms with van der Waals surface area (Å²) < 4.78 is 0.899. The highest BCUT2D eigenvalue weighted by Crippen LogP contribution is 2.11. The van der Waals surface area contributed by atoms with E-state index < -0.39 is 0 Å². The Bertz CT molecular complexity index is 734. The van der Waals surface area contributed by atoms with Gasteiger partial charge in [-0.1, -0.05) is 15.9 Å². The number of hydrogen-bond acceptors (Lipinski definition) is 3. The van der Waals surface area contributed by atoms with Crippen LogP contribution in [-0.2, 0) is 4.79 Å². The number of rotatable bonds is 5. The molecule has 0 unspecified atom stereocenters. The van der Waals surface area contributed by atoms with Gasteiger partial charge in [0, 0.05) is 28.7 Å². The zero-order chi connectivity index (χ0) is 16.7. The minimum atomic E-state index is -0.219. The summed E-state index contributed by atoms with van der Waals surface area (Å²) in [6.07, 6.45) is 0.169. The van der Waals surface area contributed by atoms with Gasteiger partial charge in [-0.05, 0) is 48.5 Å². The molecule has 23 heavy (non-hydrogen) atoms. The van der Waals surface area contributed by atoms with Crippen LogP contribution in [0.4, 0.5) is 5.69 Å². The second-order valence-electron chi connectivity index (χ2n) is 4.75. The summed E-state index contributed by atoms with van der Waals surface area (Å²) in [7, 11) is 0. The third-order valence-corrected chi connectivity index (χ3v) is 3.57. The SMILES string of the molecule is N#Cc1ccc(NC(=O)CCNC(=O)c2ccc(Br)cc2)cc1. The first-order valence-electron chi connectivity index (χ1n) is 6.92. The number of benzene rings is 2. The van der Waals surface area contributed by atoms with Gasteiger partial charge in [0.05, 0.1) is 11.6 Å². The Morgan fingerprint density at radius 2 is 1.70 bits per heavy atom. The van der Waals surface area contributed by atoms with Crippen molar-refractivity contribution in [3.63, 3.8) is 0 Å². The molecule has 0 spiro atoms. The van der Waals surface area contributed by atoms with Crippen molar-refractivity contribution < 1.29 is 9.59 Å². The van der Waals surface area contributed by atoms with E-state index in [0.29, 0.717) is 16.8 Å². The van der Waals surface area contributed by atoms with Crippen LogP contribution in [0.1, 0.15) is 22.3 Å². The number of hydrogen-bond donors (Lipinski definition) is 2. The Kier molecular flexibility index (Phi) is 5.89. The Labute approximate surface area is 142 Å². The van der Waals surface area contributed by atoms with Gasteiger partial charge < -0.3 is 10.6 Å². The van der Waals surface area contributed by atoms with E-state index in [9.17, 15) is 9.59 Å². The molecule has 0 bridgehead atoms. The molecule has 0 saturated heterocycles. The van der Waals surface area contributed by atoms with Crippen LogP contribution < -0.4 is 10.6 Å². The third kappa shape index (κ3) is 5.24. The molecule has 2 aromatic carbocycles. The minimum Gasteiger partial charge on any atom is -0.352 e. The normalized spacial score (nSPS) is 9.74. The van der Waals surface area contributed by atoms with E-state index in [2.05, 4.69) is 26.6 Å². The zero-order valence-electron chi connectivity index (χ0n) is 12.2. The van der Waals surface area contributed by atoms with Gasteiger partial charge in [-0.2, -0.15) is 5.26 Å². The number of carbonyl (C=O) groups excluding carboxylic acids is 2. The standard InChI is InChI=1S/C17H14BrN3O2/c18-14-5-3-13(4-6-14)17(23)20-10-9-16(22)21-15-7-1-12(11-19)2-8-15/h1-8H,9-10H2,(H,20,23)(H,21,22). The van der Waals surface area contributed by atoms with Crippen LogP contribution >= 0.6 is 15.9 Å². The molecule has 2 aromatic rings. The largest absolute Gasteiger partial charge is 0.352 e. The van der Waals surface area contributed by atoms with Crippen molar-refractivity contribution in [2.45, 2.75) is 6.42 Å². The lowest BCUT2D eigenvalue weighted by Crippen LogP contribution is -2.27. The van der Waals surface area contributed by atoms with Crippen LogP contribution in [0.25, 0.3) is 0 Å². The van der Waals surface area contributed by atoms with Crippen LogP contribution in [0.5, 0.6) is 0 Å². The maximum atomic E-state index is 11.9. The molecular weight excluding hydrogens is 358 g/mol. The summed E-state index contributed by atoms with van der Waals surface area (Å²) in [6, 6.07) is 15.6. The Balaban J connectivity index is 1.77. The molecule has 0 aromatic heterocycles. The lowest BCUT2D eigenvalue weighted by molar-refractivity contribution is -0.116. The molecule has 0 saturated carbocycles. The van der Waals surface area contributed by atoms with Crippen molar-refractivity contribution in [3.8, 4) is 6.07 Å². The molecule has 0 heterocycles. The summed E-state index contributed by atoms with van der Waals surface area (Å²) >= 11 is 3.30. The summed E-state index contributed by atoms with van der Waals surface area (Å²) in [5.41, 5.74) is 1.69. The summed E-state index contributed by atoms with van der Waals surface area (Å²) in [6.45, 7) is 0.247. The predicted molar refractivity (Wildman–Crippen MR) is 90.9 cm³/mol. The lowest BCUT2D eigenvalue weighted by atomic mass is 10.2. The lowest BCUT2D eigenvalue weighted by Gasteiger charge is -2.07. The molecule has 0 atom stereocenters. The van der Waals surface area contributed by atoms with Crippen molar-refractivity contribution in [2.75, 3.05) is 11.9 Å². The third-order valence-electron chi connectivity index (χ3n) is 3.04. The van der Waals surface area contributed by atoms with Gasteiger partial charge in [0.2, 0.25) is 5.91 Å². The van der Waals surface area contributed by atoms with Gasteiger partial charge in [0.1, 0.15) is 0 Å². The molecule has 5 nitrogen and oxygen atoms in total. The van der Waals surface area contributed by atoms with Crippen LogP contribution in [0, 0.1) is 11.3 Å². The van der Waals surface area contributed by atoms with E-state index in [1.54, 1.807) is 48.5 Å². The maximum Gasteiger partial charge on any atom is 0.251 e. The van der Waals surface area contributed by atoms with Crippen LogP contribution in [0.15, 0.2) is 53.0 Å². The molecule has 0 radical (unpaired) electrons. The van der Waals surface area contributed by atoms with E-state index in [4.69, 9.17) is 5.26 Å². The van der Waals surface area contributed by atoms with Crippen molar-refractivity contribution in [1.82, 2.24) is 5.32 Å². The van der Waals surface area contributed by atoms with Gasteiger partial charge >= 0.3 is 0 Å². The molecule has 6 heteroatoms. The second kappa shape index (κ2) is 8.11. The predicted octanol–water partition coefficient (Wildman–Crippen LogP) is 3.08. The van der Waals surface area contributed by atoms with E-state index in [0.717, 1.165) is 4.47 Å². The quantitative estimate of drug-likeness (QED) is 0.846. The topological polar surface area (TPSA) is 82.0 Å². The fraction of sp³-hybridized carbons (Fsp3) is 0.118. The molecule has 2 amide bonds. The van der Waals surface area contributed by atoms with Crippen LogP contribution in [-0.4, -0.2) is 18.4 Å². The number of amides is 2. The number of halogens is 1. The number of nitrogens with zero attached hydrogens (tertiary/aromatic N) is 1. The Hall–Kier alpha value is -2.65. The molecule has 0 aliphatic rings. The fourth-order valence-corrected chi connectivity index (χ4v) is 2.11. The monoisotopic (exact) mass is 371 g/mol. The van der Waals surface area contributed by atoms with E-state index >= 15 is 0 Å². The van der Waals surface area contributed by atoms with Gasteiger partial charge in [-0.15, -0.1) is 0 Å². The maximum absolute atomic E-state index is 11.9. The van der Waals surface area contributed by atoms with E-state index in [1.807, 2.05) is 6.07 Å². The highest BCUT2D eigenvalue weighted by atomic mass is 79.9. The first-order chi connectivity index (χ1) is 11.1. The Morgan fingerprint density at radius 3 is 2.30 bits per heavy atom. The molecule has 0 aliphatic carbocycles. The van der Waals surface area contributed by atoms with Crippen molar-refractivity contribution in [3.05, 3.63) is 64.1 Å². The van der Waals surface area contributed by atoms with Gasteiger partial charge in [0.25, 0.3) is 5.91 Å². The molecule has 0 aliphatic heterocycles. The van der Waals surface area contributed by atoms with E-state index in [1.165, 1.54) is 0 Å². The highest BCUT2D eigenvalue weighted by molar-refractivity contribution is 9.10. The second-order valence-corrected chi connectivity index (χ2v) is 5.67.